The van der Waals surface area contributed by atoms with Gasteiger partial charge in [-0.15, -0.1) is 0 Å². The van der Waals surface area contributed by atoms with Crippen molar-refractivity contribution in [2.45, 2.75) is 26.2 Å². The van der Waals surface area contributed by atoms with Crippen molar-refractivity contribution < 1.29 is 0 Å². The van der Waals surface area contributed by atoms with Gasteiger partial charge in [0.2, 0.25) is 0 Å². The third-order valence-corrected chi connectivity index (χ3v) is 2.36. The van der Waals surface area contributed by atoms with E-state index in [2.05, 4.69) is 6.92 Å². The predicted molar refractivity (Wildman–Crippen MR) is 30.0 cm³/mol. The van der Waals surface area contributed by atoms with Gasteiger partial charge in [0.15, 0.2) is 0 Å². The minimum atomic E-state index is 1.07. The number of rotatable bonds is 0. The highest BCUT2D eigenvalue weighted by atomic mass is 14.4. The number of fused-ring (bicyclic) bond motifs is 1. The molecule has 0 radical (unpaired) electrons. The summed E-state index contributed by atoms with van der Waals surface area (Å²) in [4.78, 5) is 0. The van der Waals surface area contributed by atoms with E-state index in [0.29, 0.717) is 0 Å². The monoisotopic (exact) mass is 94.1 g/mol. The van der Waals surface area contributed by atoms with Gasteiger partial charge in [-0.25, -0.2) is 0 Å². The van der Waals surface area contributed by atoms with Crippen LogP contribution in [-0.2, 0) is 0 Å². The van der Waals surface area contributed by atoms with Crippen LogP contribution in [0.1, 0.15) is 26.2 Å². The third kappa shape index (κ3) is 0.287. The first-order chi connectivity index (χ1) is 3.38. The highest BCUT2D eigenvalue weighted by molar-refractivity contribution is 5.32. The molecule has 0 aromatic rings. The van der Waals surface area contributed by atoms with Crippen molar-refractivity contribution >= 4 is 0 Å². The van der Waals surface area contributed by atoms with Gasteiger partial charge in [0, 0.05) is 0 Å². The summed E-state index contributed by atoms with van der Waals surface area (Å²) in [7, 11) is 0. The molecule has 38 valence electrons. The van der Waals surface area contributed by atoms with E-state index in [9.17, 15) is 0 Å². The van der Waals surface area contributed by atoms with Crippen LogP contribution in [0.2, 0.25) is 0 Å². The molecule has 2 aliphatic rings. The molecular weight excluding hydrogens is 84.1 g/mol. The van der Waals surface area contributed by atoms with Crippen molar-refractivity contribution in [3.8, 4) is 0 Å². The minimum Gasteiger partial charge on any atom is -0.0732 e. The van der Waals surface area contributed by atoms with Crippen LogP contribution in [0.3, 0.4) is 0 Å². The van der Waals surface area contributed by atoms with Crippen LogP contribution >= 0.6 is 0 Å². The summed E-state index contributed by atoms with van der Waals surface area (Å²) in [5.41, 5.74) is 3.48. The average Bonchev–Trinajstić information content (AvgIpc) is 1.59. The fraction of sp³-hybridized carbons (Fsp3) is 0.714. The smallest absolute Gasteiger partial charge is 0.0160 e. The molecule has 0 bridgehead atoms. The molecular formula is C7H10. The topological polar surface area (TPSA) is 0 Å². The quantitative estimate of drug-likeness (QED) is 0.403. The van der Waals surface area contributed by atoms with E-state index >= 15 is 0 Å². The van der Waals surface area contributed by atoms with E-state index in [1.807, 2.05) is 0 Å². The van der Waals surface area contributed by atoms with Crippen LogP contribution < -0.4 is 0 Å². The number of hydrogen-bond donors (Lipinski definition) is 0. The second-order valence-corrected chi connectivity index (χ2v) is 2.75. The summed E-state index contributed by atoms with van der Waals surface area (Å²) >= 11 is 0. The second-order valence-electron chi connectivity index (χ2n) is 2.75. The maximum absolute atomic E-state index is 2.27. The lowest BCUT2D eigenvalue weighted by Gasteiger charge is -2.41. The van der Waals surface area contributed by atoms with Gasteiger partial charge in [0.25, 0.3) is 0 Å². The van der Waals surface area contributed by atoms with Crippen LogP contribution in [0.5, 0.6) is 0 Å². The molecule has 0 heteroatoms. The highest BCUT2D eigenvalue weighted by Gasteiger charge is 2.33. The van der Waals surface area contributed by atoms with Gasteiger partial charge in [-0.1, -0.05) is 11.1 Å². The minimum absolute atomic E-state index is 1.07. The first kappa shape index (κ1) is 3.71. The fourth-order valence-corrected chi connectivity index (χ4v) is 1.65. The molecule has 0 heterocycles. The van der Waals surface area contributed by atoms with Crippen molar-refractivity contribution in [3.63, 3.8) is 0 Å². The molecule has 0 amide bonds. The molecule has 0 N–H and O–H groups in total. The maximum atomic E-state index is 2.27. The Labute approximate surface area is 44.2 Å². The van der Waals surface area contributed by atoms with Crippen LogP contribution in [0.4, 0.5) is 0 Å². The van der Waals surface area contributed by atoms with Gasteiger partial charge in [-0.2, -0.15) is 0 Å². The molecule has 1 unspecified atom stereocenters. The molecule has 1 atom stereocenters. The van der Waals surface area contributed by atoms with E-state index in [1.54, 1.807) is 11.1 Å². The second kappa shape index (κ2) is 0.936. The van der Waals surface area contributed by atoms with Gasteiger partial charge in [0.05, 0.1) is 0 Å². The van der Waals surface area contributed by atoms with Gasteiger partial charge in [0.1, 0.15) is 0 Å². The Morgan fingerprint density at radius 3 is 2.43 bits per heavy atom. The summed E-state index contributed by atoms with van der Waals surface area (Å²) in [6.45, 7) is 2.27. The van der Waals surface area contributed by atoms with E-state index in [4.69, 9.17) is 0 Å². The lowest BCUT2D eigenvalue weighted by Crippen LogP contribution is -2.26. The average molecular weight is 94.2 g/mol. The Balaban J connectivity index is 2.30. The van der Waals surface area contributed by atoms with Gasteiger partial charge < -0.3 is 0 Å². The molecule has 0 saturated heterocycles. The van der Waals surface area contributed by atoms with E-state index < -0.39 is 0 Å². The first-order valence-corrected chi connectivity index (χ1v) is 3.06. The Morgan fingerprint density at radius 1 is 1.57 bits per heavy atom. The Hall–Kier alpha value is -0.260. The first-order valence-electron chi connectivity index (χ1n) is 3.06. The summed E-state index contributed by atoms with van der Waals surface area (Å²) in [5, 5.41) is 0. The third-order valence-electron chi connectivity index (χ3n) is 2.36. The Kier molecular flexibility index (Phi) is 0.495. The van der Waals surface area contributed by atoms with E-state index in [0.717, 1.165) is 5.92 Å². The standard InChI is InChI=1S/C7H10/c1-5-4-6-2-3-7(5)6/h6H,2-4H2,1H3. The zero-order valence-electron chi connectivity index (χ0n) is 4.70. The highest BCUT2D eigenvalue weighted by Crippen LogP contribution is 2.48. The molecule has 0 aromatic carbocycles. The lowest BCUT2D eigenvalue weighted by molar-refractivity contribution is 0.374. The summed E-state index contributed by atoms with van der Waals surface area (Å²) < 4.78 is 0. The van der Waals surface area contributed by atoms with Gasteiger partial charge >= 0.3 is 0 Å². The van der Waals surface area contributed by atoms with Gasteiger partial charge in [-0.05, 0) is 32.1 Å². The van der Waals surface area contributed by atoms with Crippen molar-refractivity contribution in [3.05, 3.63) is 11.1 Å². The lowest BCUT2D eigenvalue weighted by atomic mass is 9.65. The van der Waals surface area contributed by atoms with Crippen molar-refractivity contribution in [2.75, 3.05) is 0 Å². The van der Waals surface area contributed by atoms with Crippen LogP contribution in [0.15, 0.2) is 11.1 Å². The molecule has 1 saturated carbocycles. The van der Waals surface area contributed by atoms with Crippen molar-refractivity contribution in [1.82, 2.24) is 0 Å². The number of allylic oxidation sites excluding steroid dienone is 2. The Bertz CT molecular complexity index is 131. The number of hydrogen-bond acceptors (Lipinski definition) is 0. The summed E-state index contributed by atoms with van der Waals surface area (Å²) in [6, 6.07) is 0. The predicted octanol–water partition coefficient (Wildman–Crippen LogP) is 2.12. The molecule has 0 nitrogen and oxygen atoms in total. The Morgan fingerprint density at radius 2 is 2.43 bits per heavy atom. The van der Waals surface area contributed by atoms with Gasteiger partial charge in [-0.3, -0.25) is 0 Å². The molecule has 1 fully saturated rings. The zero-order chi connectivity index (χ0) is 4.85. The molecule has 2 aliphatic carbocycles. The van der Waals surface area contributed by atoms with Crippen LogP contribution in [-0.4, -0.2) is 0 Å². The summed E-state index contributed by atoms with van der Waals surface area (Å²) in [5.74, 6) is 1.07. The van der Waals surface area contributed by atoms with Crippen LogP contribution in [0, 0.1) is 5.92 Å². The largest absolute Gasteiger partial charge is 0.0732 e. The SMILES string of the molecule is CC1=C2CCC2C1. The summed E-state index contributed by atoms with van der Waals surface area (Å²) in [6.07, 6.45) is 4.35. The van der Waals surface area contributed by atoms with Crippen molar-refractivity contribution in [1.29, 1.82) is 0 Å². The molecule has 7 heavy (non-hydrogen) atoms. The zero-order valence-corrected chi connectivity index (χ0v) is 4.70. The fourth-order valence-electron chi connectivity index (χ4n) is 1.65. The van der Waals surface area contributed by atoms with Crippen molar-refractivity contribution in [2.24, 2.45) is 5.92 Å². The molecule has 0 aliphatic heterocycles. The molecule has 0 spiro atoms. The van der Waals surface area contributed by atoms with E-state index in [-0.39, 0.29) is 0 Å². The molecule has 2 rings (SSSR count). The van der Waals surface area contributed by atoms with E-state index in [1.165, 1.54) is 19.3 Å². The molecule has 0 aromatic heterocycles. The van der Waals surface area contributed by atoms with Crippen LogP contribution in [0.25, 0.3) is 0 Å². The normalized spacial score (nSPS) is 36.4. The maximum Gasteiger partial charge on any atom is -0.0160 e.